The molecule has 8 nitrogen and oxygen atoms in total. The molecule has 0 unspecified atom stereocenters. The first-order valence-electron chi connectivity index (χ1n) is 11.7. The summed E-state index contributed by atoms with van der Waals surface area (Å²) in [6.07, 6.45) is 6.12. The first-order valence-corrected chi connectivity index (χ1v) is 11.7. The predicted octanol–water partition coefficient (Wildman–Crippen LogP) is 2.28. The first-order chi connectivity index (χ1) is 15.2. The Balaban J connectivity index is 1.27. The first kappa shape index (κ1) is 21.5. The van der Waals surface area contributed by atoms with E-state index in [2.05, 4.69) is 22.2 Å². The molecule has 2 aliphatic rings. The van der Waals surface area contributed by atoms with Gasteiger partial charge in [-0.25, -0.2) is 9.48 Å². The maximum absolute atomic E-state index is 12.4. The molecular formula is C23H34N6O2. The van der Waals surface area contributed by atoms with Gasteiger partial charge in [0.15, 0.2) is 5.96 Å². The van der Waals surface area contributed by atoms with Gasteiger partial charge in [-0.2, -0.15) is 5.10 Å². The van der Waals surface area contributed by atoms with E-state index in [4.69, 9.17) is 9.73 Å². The number of nitrogens with one attached hydrogen (secondary N) is 1. The van der Waals surface area contributed by atoms with Crippen LogP contribution in [0.2, 0.25) is 0 Å². The van der Waals surface area contributed by atoms with Crippen LogP contribution in [-0.2, 0) is 19.5 Å². The number of hydrogen-bond acceptors (Lipinski definition) is 4. The molecule has 168 valence electrons. The van der Waals surface area contributed by atoms with Crippen LogP contribution in [0.1, 0.15) is 44.9 Å². The third-order valence-electron chi connectivity index (χ3n) is 5.94. The van der Waals surface area contributed by atoms with Gasteiger partial charge in [0.05, 0.1) is 0 Å². The van der Waals surface area contributed by atoms with Gasteiger partial charge in [0.2, 0.25) is 0 Å². The molecule has 0 bridgehead atoms. The van der Waals surface area contributed by atoms with Crippen LogP contribution in [-0.4, -0.2) is 57.5 Å². The van der Waals surface area contributed by atoms with Crippen LogP contribution in [0.15, 0.2) is 40.1 Å². The molecule has 2 aliphatic heterocycles. The lowest BCUT2D eigenvalue weighted by atomic mass is 10.1. The molecule has 4 rings (SSSR count). The fraction of sp³-hybridized carbons (Fsp3) is 0.609. The second-order valence-electron chi connectivity index (χ2n) is 8.24. The number of rotatable bonds is 7. The number of aromatic nitrogens is 3. The Morgan fingerprint density at radius 1 is 1.19 bits per heavy atom. The topological polar surface area (TPSA) is 76.7 Å². The van der Waals surface area contributed by atoms with Crippen molar-refractivity contribution < 1.29 is 4.74 Å². The van der Waals surface area contributed by atoms with Crippen molar-refractivity contribution in [1.29, 1.82) is 0 Å². The number of aryl methyl sites for hydroxylation is 2. The minimum absolute atomic E-state index is 0.0334. The molecule has 1 fully saturated rings. The van der Waals surface area contributed by atoms with Crippen LogP contribution >= 0.6 is 0 Å². The average molecular weight is 427 g/mol. The summed E-state index contributed by atoms with van der Waals surface area (Å²) in [6.45, 7) is 6.89. The standard InChI is InChI=1S/C23H34N6O2/c1-2-24-22(27-17-12-20(13-18-27)31-19-9-4-3-5-10-19)25-14-8-16-29-23(30)28-15-7-6-11-21(28)26-29/h3-5,9-10,20H,2,6-8,11-18H2,1H3,(H,24,25). The number of nitrogens with zero attached hydrogens (tertiary/aromatic N) is 5. The van der Waals surface area contributed by atoms with Gasteiger partial charge in [0, 0.05) is 58.5 Å². The van der Waals surface area contributed by atoms with Crippen LogP contribution in [0, 0.1) is 0 Å². The van der Waals surface area contributed by atoms with Gasteiger partial charge in [-0.3, -0.25) is 9.56 Å². The number of likely N-dealkylation sites (tertiary alicyclic amines) is 1. The van der Waals surface area contributed by atoms with Crippen molar-refractivity contribution in [2.45, 2.75) is 64.6 Å². The normalized spacial score (nSPS) is 17.5. The van der Waals surface area contributed by atoms with Crippen LogP contribution < -0.4 is 15.7 Å². The maximum atomic E-state index is 12.4. The summed E-state index contributed by atoms with van der Waals surface area (Å²) >= 11 is 0. The lowest BCUT2D eigenvalue weighted by molar-refractivity contribution is 0.129. The number of ether oxygens (including phenoxy) is 1. The predicted molar refractivity (Wildman–Crippen MR) is 122 cm³/mol. The lowest BCUT2D eigenvalue weighted by Gasteiger charge is -2.34. The number of benzene rings is 1. The van der Waals surface area contributed by atoms with Gasteiger partial charge in [-0.15, -0.1) is 0 Å². The second-order valence-corrected chi connectivity index (χ2v) is 8.24. The van der Waals surface area contributed by atoms with Crippen molar-refractivity contribution in [3.63, 3.8) is 0 Å². The summed E-state index contributed by atoms with van der Waals surface area (Å²) in [6, 6.07) is 10.0. The zero-order valence-corrected chi connectivity index (χ0v) is 18.5. The Labute approximate surface area is 183 Å². The Kier molecular flexibility index (Phi) is 7.27. The van der Waals surface area contributed by atoms with Gasteiger partial charge >= 0.3 is 5.69 Å². The summed E-state index contributed by atoms with van der Waals surface area (Å²) in [4.78, 5) is 19.6. The van der Waals surface area contributed by atoms with Crippen molar-refractivity contribution in [3.05, 3.63) is 46.6 Å². The van der Waals surface area contributed by atoms with Crippen molar-refractivity contribution in [3.8, 4) is 5.75 Å². The van der Waals surface area contributed by atoms with Crippen molar-refractivity contribution in [1.82, 2.24) is 24.6 Å². The van der Waals surface area contributed by atoms with E-state index in [0.29, 0.717) is 13.1 Å². The van der Waals surface area contributed by atoms with E-state index in [9.17, 15) is 4.79 Å². The van der Waals surface area contributed by atoms with E-state index < -0.39 is 0 Å². The van der Waals surface area contributed by atoms with E-state index in [0.717, 1.165) is 82.2 Å². The Bertz CT molecular complexity index is 912. The average Bonchev–Trinajstić information content (AvgIpc) is 3.13. The molecule has 1 saturated heterocycles. The van der Waals surface area contributed by atoms with Gasteiger partial charge < -0.3 is 15.0 Å². The van der Waals surface area contributed by atoms with E-state index in [1.807, 2.05) is 34.9 Å². The van der Waals surface area contributed by atoms with Gasteiger partial charge in [0.25, 0.3) is 0 Å². The largest absolute Gasteiger partial charge is 0.490 e. The monoisotopic (exact) mass is 426 g/mol. The quantitative estimate of drug-likeness (QED) is 0.418. The smallest absolute Gasteiger partial charge is 0.345 e. The van der Waals surface area contributed by atoms with Crippen LogP contribution in [0.25, 0.3) is 0 Å². The zero-order chi connectivity index (χ0) is 21.5. The molecule has 0 amide bonds. The summed E-state index contributed by atoms with van der Waals surface area (Å²) in [5, 5.41) is 7.93. The third-order valence-corrected chi connectivity index (χ3v) is 5.94. The van der Waals surface area contributed by atoms with E-state index in [1.165, 1.54) is 0 Å². The Hall–Kier alpha value is -2.77. The minimum Gasteiger partial charge on any atom is -0.490 e. The molecule has 1 aromatic carbocycles. The number of fused-ring (bicyclic) bond motifs is 1. The van der Waals surface area contributed by atoms with Gasteiger partial charge in [-0.05, 0) is 38.3 Å². The fourth-order valence-electron chi connectivity index (χ4n) is 4.30. The van der Waals surface area contributed by atoms with Crippen LogP contribution in [0.4, 0.5) is 0 Å². The molecule has 0 saturated carbocycles. The van der Waals surface area contributed by atoms with E-state index in [-0.39, 0.29) is 11.8 Å². The number of para-hydroxylation sites is 1. The zero-order valence-electron chi connectivity index (χ0n) is 18.5. The number of piperidine rings is 1. The molecule has 1 aromatic heterocycles. The third kappa shape index (κ3) is 5.48. The van der Waals surface area contributed by atoms with Crippen LogP contribution in [0.5, 0.6) is 5.75 Å². The van der Waals surface area contributed by atoms with E-state index in [1.54, 1.807) is 4.68 Å². The molecule has 8 heteroatoms. The molecule has 31 heavy (non-hydrogen) atoms. The van der Waals surface area contributed by atoms with Crippen LogP contribution in [0.3, 0.4) is 0 Å². The number of guanidine groups is 1. The minimum atomic E-state index is 0.0334. The van der Waals surface area contributed by atoms with Gasteiger partial charge in [-0.1, -0.05) is 18.2 Å². The summed E-state index contributed by atoms with van der Waals surface area (Å²) in [7, 11) is 0. The van der Waals surface area contributed by atoms with Gasteiger partial charge in [0.1, 0.15) is 17.7 Å². The van der Waals surface area contributed by atoms with Crippen molar-refractivity contribution in [2.24, 2.45) is 4.99 Å². The molecule has 0 atom stereocenters. The van der Waals surface area contributed by atoms with E-state index >= 15 is 0 Å². The highest BCUT2D eigenvalue weighted by molar-refractivity contribution is 5.80. The Morgan fingerprint density at radius 2 is 2.00 bits per heavy atom. The lowest BCUT2D eigenvalue weighted by Crippen LogP contribution is -2.47. The second kappa shape index (κ2) is 10.5. The number of aliphatic imine (C=N–C) groups is 1. The van der Waals surface area contributed by atoms with Crippen molar-refractivity contribution >= 4 is 5.96 Å². The highest BCUT2D eigenvalue weighted by Crippen LogP contribution is 2.18. The molecule has 0 aliphatic carbocycles. The summed E-state index contributed by atoms with van der Waals surface area (Å²) < 4.78 is 9.56. The molecular weight excluding hydrogens is 392 g/mol. The van der Waals surface area contributed by atoms with Crippen molar-refractivity contribution in [2.75, 3.05) is 26.2 Å². The molecule has 0 radical (unpaired) electrons. The summed E-state index contributed by atoms with van der Waals surface area (Å²) in [5.41, 5.74) is 0.0334. The molecule has 2 aromatic rings. The fourth-order valence-corrected chi connectivity index (χ4v) is 4.30. The molecule has 1 N–H and O–H groups in total. The highest BCUT2D eigenvalue weighted by atomic mass is 16.5. The summed E-state index contributed by atoms with van der Waals surface area (Å²) in [5.74, 6) is 2.84. The highest BCUT2D eigenvalue weighted by Gasteiger charge is 2.22. The molecule has 3 heterocycles. The maximum Gasteiger partial charge on any atom is 0.345 e. The molecule has 0 spiro atoms. The Morgan fingerprint density at radius 3 is 2.74 bits per heavy atom. The SMILES string of the molecule is CCNC(=NCCCn1nc2n(c1=O)CCCC2)N1CCC(Oc2ccccc2)CC1. The number of hydrogen-bond donors (Lipinski definition) is 1.